The minimum absolute atomic E-state index is 0.00924. The van der Waals surface area contributed by atoms with Crippen molar-refractivity contribution in [2.45, 2.75) is 6.10 Å². The average molecular weight is 383 g/mol. The number of nitrogens with one attached hydrogen (secondary N) is 3. The van der Waals surface area contributed by atoms with E-state index in [2.05, 4.69) is 36.1 Å². The number of amides is 1. The second kappa shape index (κ2) is 9.03. The van der Waals surface area contributed by atoms with Crippen LogP contribution in [0.2, 0.25) is 0 Å². The predicted molar refractivity (Wildman–Crippen MR) is 101 cm³/mol. The summed E-state index contributed by atoms with van der Waals surface area (Å²) in [5, 5.41) is 26.4. The van der Waals surface area contributed by atoms with Gasteiger partial charge in [-0.1, -0.05) is 0 Å². The maximum absolute atomic E-state index is 12.4. The second-order valence-electron chi connectivity index (χ2n) is 6.29. The van der Waals surface area contributed by atoms with E-state index in [1.54, 1.807) is 20.2 Å². The zero-order chi connectivity index (χ0) is 19.9. The molecule has 146 valence electrons. The average Bonchev–Trinajstić information content (AvgIpc) is 2.73. The molecule has 1 amide bonds. The lowest BCUT2D eigenvalue weighted by atomic mass is 10.2. The third kappa shape index (κ3) is 4.87. The highest BCUT2D eigenvalue weighted by atomic mass is 16.5. The molecule has 0 aliphatic carbocycles. The molecule has 1 aliphatic heterocycles. The molecule has 11 nitrogen and oxygen atoms in total. The second-order valence-corrected chi connectivity index (χ2v) is 6.29. The Kier molecular flexibility index (Phi) is 6.25. The first kappa shape index (κ1) is 19.4. The summed E-state index contributed by atoms with van der Waals surface area (Å²) in [6, 6.07) is 3.59. The molecule has 1 fully saturated rings. The lowest BCUT2D eigenvalue weighted by Crippen LogP contribution is -2.42. The highest BCUT2D eigenvalue weighted by Gasteiger charge is 2.19. The van der Waals surface area contributed by atoms with E-state index < -0.39 is 0 Å². The Bertz CT molecular complexity index is 858. The summed E-state index contributed by atoms with van der Waals surface area (Å²) < 4.78 is 5.68. The Hall–Kier alpha value is -3.36. The van der Waals surface area contributed by atoms with Crippen molar-refractivity contribution in [3.05, 3.63) is 29.8 Å². The van der Waals surface area contributed by atoms with Gasteiger partial charge in [0.05, 0.1) is 30.8 Å². The van der Waals surface area contributed by atoms with Gasteiger partial charge in [-0.05, 0) is 0 Å². The quantitative estimate of drug-likeness (QED) is 0.623. The fourth-order valence-electron chi connectivity index (χ4n) is 2.51. The van der Waals surface area contributed by atoms with E-state index in [1.807, 2.05) is 6.07 Å². The smallest absolute Gasteiger partial charge is 0.276 e. The van der Waals surface area contributed by atoms with E-state index in [9.17, 15) is 4.79 Å². The van der Waals surface area contributed by atoms with Gasteiger partial charge in [0, 0.05) is 39.8 Å². The van der Waals surface area contributed by atoms with Crippen molar-refractivity contribution < 1.29 is 9.53 Å². The maximum atomic E-state index is 12.4. The van der Waals surface area contributed by atoms with Crippen molar-refractivity contribution >= 4 is 23.2 Å². The third-order valence-corrected chi connectivity index (χ3v) is 3.95. The third-order valence-electron chi connectivity index (χ3n) is 3.95. The Labute approximate surface area is 162 Å². The summed E-state index contributed by atoms with van der Waals surface area (Å²) in [5.41, 5.74) is 0.962. The van der Waals surface area contributed by atoms with Crippen LogP contribution in [0.5, 0.6) is 0 Å². The number of aromatic nitrogens is 4. The van der Waals surface area contributed by atoms with Crippen LogP contribution < -0.4 is 16.0 Å². The molecule has 0 saturated carbocycles. The molecule has 0 aromatic carbocycles. The summed E-state index contributed by atoms with van der Waals surface area (Å²) in [5.74, 6) is 0.535. The molecule has 2 aromatic heterocycles. The lowest BCUT2D eigenvalue weighted by Gasteiger charge is -2.24. The van der Waals surface area contributed by atoms with Crippen LogP contribution in [-0.4, -0.2) is 77.4 Å². The Morgan fingerprint density at radius 3 is 2.86 bits per heavy atom. The van der Waals surface area contributed by atoms with Crippen LogP contribution >= 0.6 is 0 Å². The van der Waals surface area contributed by atoms with Gasteiger partial charge in [-0.25, -0.2) is 9.97 Å². The van der Waals surface area contributed by atoms with Crippen molar-refractivity contribution in [2.24, 2.45) is 0 Å². The van der Waals surface area contributed by atoms with E-state index in [1.165, 1.54) is 17.3 Å². The van der Waals surface area contributed by atoms with Crippen LogP contribution in [0.15, 0.2) is 18.5 Å². The van der Waals surface area contributed by atoms with Gasteiger partial charge in [-0.15, -0.1) is 10.2 Å². The standard InChI is InChI=1S/C17H21N9O2/c1-26(2)17(27)16-13(21-9-12-8-19-3-4-28-12)5-14(24-25-16)23-15-10-20-11(6-18)7-22-15/h5,7,10,12,19H,3-4,8-9H2,1-2H3,(H2,21,22,23,24)/t12-/m1/s1. The predicted octanol–water partition coefficient (Wildman–Crippen LogP) is -0.0160. The van der Waals surface area contributed by atoms with Gasteiger partial charge in [0.2, 0.25) is 0 Å². The monoisotopic (exact) mass is 383 g/mol. The molecule has 0 spiro atoms. The van der Waals surface area contributed by atoms with Crippen molar-refractivity contribution in [1.29, 1.82) is 5.26 Å². The highest BCUT2D eigenvalue weighted by Crippen LogP contribution is 2.20. The fraction of sp³-hybridized carbons (Fsp3) is 0.412. The number of nitrogens with zero attached hydrogens (tertiary/aromatic N) is 6. The molecule has 3 heterocycles. The van der Waals surface area contributed by atoms with Crippen LogP contribution in [0.1, 0.15) is 16.2 Å². The zero-order valence-corrected chi connectivity index (χ0v) is 15.6. The van der Waals surface area contributed by atoms with Crippen molar-refractivity contribution in [3.8, 4) is 6.07 Å². The first-order valence-electron chi connectivity index (χ1n) is 8.71. The van der Waals surface area contributed by atoms with Gasteiger partial charge in [0.15, 0.2) is 17.2 Å². The van der Waals surface area contributed by atoms with Crippen LogP contribution in [0.25, 0.3) is 0 Å². The summed E-state index contributed by atoms with van der Waals surface area (Å²) >= 11 is 0. The fourth-order valence-corrected chi connectivity index (χ4v) is 2.51. The molecule has 3 N–H and O–H groups in total. The number of morpholine rings is 1. The molecule has 1 saturated heterocycles. The summed E-state index contributed by atoms with van der Waals surface area (Å²) in [7, 11) is 3.31. The topological polar surface area (TPSA) is 141 Å². The Morgan fingerprint density at radius 2 is 2.21 bits per heavy atom. The van der Waals surface area contributed by atoms with Gasteiger partial charge < -0.3 is 25.6 Å². The number of rotatable bonds is 6. The summed E-state index contributed by atoms with van der Waals surface area (Å²) in [4.78, 5) is 21.9. The molecular weight excluding hydrogens is 362 g/mol. The van der Waals surface area contributed by atoms with Crippen LogP contribution in [0.4, 0.5) is 17.3 Å². The van der Waals surface area contributed by atoms with Crippen molar-refractivity contribution in [3.63, 3.8) is 0 Å². The van der Waals surface area contributed by atoms with E-state index in [0.717, 1.165) is 13.1 Å². The highest BCUT2D eigenvalue weighted by molar-refractivity contribution is 5.97. The van der Waals surface area contributed by atoms with Gasteiger partial charge in [0.1, 0.15) is 11.9 Å². The summed E-state index contributed by atoms with van der Waals surface area (Å²) in [6.45, 7) is 2.73. The number of ether oxygens (including phenoxy) is 1. The van der Waals surface area contributed by atoms with E-state index in [4.69, 9.17) is 10.00 Å². The number of carbonyl (C=O) groups is 1. The largest absolute Gasteiger partial charge is 0.380 e. The minimum Gasteiger partial charge on any atom is -0.380 e. The van der Waals surface area contributed by atoms with E-state index >= 15 is 0 Å². The number of hydrogen-bond donors (Lipinski definition) is 3. The van der Waals surface area contributed by atoms with Gasteiger partial charge in [0.25, 0.3) is 5.91 Å². The van der Waals surface area contributed by atoms with Crippen molar-refractivity contribution in [2.75, 3.05) is 51.0 Å². The molecule has 11 heteroatoms. The molecule has 1 atom stereocenters. The number of nitriles is 1. The maximum Gasteiger partial charge on any atom is 0.276 e. The first-order valence-corrected chi connectivity index (χ1v) is 8.71. The SMILES string of the molecule is CN(C)C(=O)c1nnc(Nc2cnc(C#N)cn2)cc1NC[C@H]1CNCCO1. The van der Waals surface area contributed by atoms with Crippen LogP contribution in [0.3, 0.4) is 0 Å². The van der Waals surface area contributed by atoms with E-state index in [0.29, 0.717) is 30.5 Å². The minimum atomic E-state index is -0.262. The molecule has 0 bridgehead atoms. The molecule has 3 rings (SSSR count). The summed E-state index contributed by atoms with van der Waals surface area (Å²) in [6.07, 6.45) is 2.77. The molecular formula is C17H21N9O2. The lowest BCUT2D eigenvalue weighted by molar-refractivity contribution is 0.0372. The molecule has 0 radical (unpaired) electrons. The molecule has 1 aliphatic rings. The Balaban J connectivity index is 1.79. The first-order chi connectivity index (χ1) is 13.6. The van der Waals surface area contributed by atoms with Gasteiger partial charge in [-0.2, -0.15) is 5.26 Å². The number of carbonyl (C=O) groups excluding carboxylic acids is 1. The molecule has 0 unspecified atom stereocenters. The van der Waals surface area contributed by atoms with Gasteiger partial charge >= 0.3 is 0 Å². The number of anilines is 3. The van der Waals surface area contributed by atoms with Crippen molar-refractivity contribution in [1.82, 2.24) is 30.4 Å². The van der Waals surface area contributed by atoms with Gasteiger partial charge in [-0.3, -0.25) is 4.79 Å². The number of hydrogen-bond acceptors (Lipinski definition) is 10. The molecule has 2 aromatic rings. The Morgan fingerprint density at radius 1 is 1.36 bits per heavy atom. The van der Waals surface area contributed by atoms with E-state index in [-0.39, 0.29) is 23.4 Å². The zero-order valence-electron chi connectivity index (χ0n) is 15.6. The van der Waals surface area contributed by atoms with Crippen LogP contribution in [0, 0.1) is 11.3 Å². The normalized spacial score (nSPS) is 16.1. The molecule has 28 heavy (non-hydrogen) atoms. The van der Waals surface area contributed by atoms with Crippen LogP contribution in [-0.2, 0) is 4.74 Å².